The number of hydrogen-bond donors (Lipinski definition) is 4. The zero-order valence-electron chi connectivity index (χ0n) is 17.0. The predicted octanol–water partition coefficient (Wildman–Crippen LogP) is 2.85. The standard InChI is InChI=1S/C21H28ClFN4O3/c1-30-16-11-18(23)20(24-12-16)17-13-27(8-2-10-28)9-7-19(17)26-21(29)25-15-5-3-14(22)4-6-15/h3-6,11,17,19,24,28H,2,7-10,12-13H2,1H3,(H2,25,26,29)/t17-,19-/m1/s1. The number of amides is 2. The number of nitrogens with zero attached hydrogens (tertiary/aromatic N) is 1. The van der Waals surface area contributed by atoms with Crippen molar-refractivity contribution in [3.05, 3.63) is 52.6 Å². The number of dihydropyridines is 1. The average molecular weight is 439 g/mol. The Morgan fingerprint density at radius 1 is 1.40 bits per heavy atom. The predicted molar refractivity (Wildman–Crippen MR) is 115 cm³/mol. The van der Waals surface area contributed by atoms with Gasteiger partial charge in [0.15, 0.2) is 0 Å². The molecule has 0 radical (unpaired) electrons. The Morgan fingerprint density at radius 2 is 2.17 bits per heavy atom. The molecule has 164 valence electrons. The Bertz CT molecular complexity index is 800. The van der Waals surface area contributed by atoms with Crippen molar-refractivity contribution in [1.82, 2.24) is 15.5 Å². The van der Waals surface area contributed by atoms with E-state index >= 15 is 0 Å². The van der Waals surface area contributed by atoms with Gasteiger partial charge in [-0.05, 0) is 37.1 Å². The Hall–Kier alpha value is -2.29. The fourth-order valence-electron chi connectivity index (χ4n) is 3.83. The average Bonchev–Trinajstić information content (AvgIpc) is 2.74. The number of nitrogens with one attached hydrogen (secondary N) is 3. The van der Waals surface area contributed by atoms with Crippen molar-refractivity contribution in [1.29, 1.82) is 0 Å². The molecule has 0 unspecified atom stereocenters. The van der Waals surface area contributed by atoms with E-state index in [-0.39, 0.29) is 30.4 Å². The van der Waals surface area contributed by atoms with Gasteiger partial charge in [-0.1, -0.05) is 11.6 Å². The van der Waals surface area contributed by atoms with Crippen molar-refractivity contribution in [3.8, 4) is 0 Å². The van der Waals surface area contributed by atoms with E-state index in [0.29, 0.717) is 48.1 Å². The fourth-order valence-corrected chi connectivity index (χ4v) is 3.95. The summed E-state index contributed by atoms with van der Waals surface area (Å²) in [6.45, 7) is 2.58. The molecular weight excluding hydrogens is 411 g/mol. The first kappa shape index (κ1) is 22.4. The highest BCUT2D eigenvalue weighted by Crippen LogP contribution is 2.29. The van der Waals surface area contributed by atoms with Crippen LogP contribution in [-0.2, 0) is 4.74 Å². The summed E-state index contributed by atoms with van der Waals surface area (Å²) in [5.74, 6) is -0.103. The molecular formula is C21H28ClFN4O3. The molecule has 4 N–H and O–H groups in total. The molecule has 7 nitrogen and oxygen atoms in total. The lowest BCUT2D eigenvalue weighted by molar-refractivity contribution is 0.140. The third kappa shape index (κ3) is 5.87. The highest BCUT2D eigenvalue weighted by atomic mass is 35.5. The van der Waals surface area contributed by atoms with Crippen molar-refractivity contribution >= 4 is 23.3 Å². The number of aliphatic hydroxyl groups is 1. The fraction of sp³-hybridized carbons (Fsp3) is 0.476. The summed E-state index contributed by atoms with van der Waals surface area (Å²) in [5.41, 5.74) is 1.10. The molecule has 1 aromatic rings. The molecule has 0 saturated carbocycles. The lowest BCUT2D eigenvalue weighted by Gasteiger charge is -2.40. The number of anilines is 1. The maximum Gasteiger partial charge on any atom is 0.319 e. The number of aliphatic hydroxyl groups excluding tert-OH is 1. The maximum absolute atomic E-state index is 14.8. The van der Waals surface area contributed by atoms with E-state index in [1.165, 1.54) is 13.2 Å². The molecule has 2 heterocycles. The van der Waals surface area contributed by atoms with Gasteiger partial charge in [-0.15, -0.1) is 0 Å². The molecule has 1 fully saturated rings. The maximum atomic E-state index is 14.8. The van der Waals surface area contributed by atoms with Crippen molar-refractivity contribution in [2.75, 3.05) is 45.2 Å². The second-order valence-electron chi connectivity index (χ2n) is 7.41. The topological polar surface area (TPSA) is 85.9 Å². The van der Waals surface area contributed by atoms with Crippen molar-refractivity contribution in [3.63, 3.8) is 0 Å². The first-order valence-electron chi connectivity index (χ1n) is 10.0. The second kappa shape index (κ2) is 10.7. The number of hydrogen-bond acceptors (Lipinski definition) is 5. The molecule has 0 spiro atoms. The van der Waals surface area contributed by atoms with E-state index in [4.69, 9.17) is 21.4 Å². The number of benzene rings is 1. The van der Waals surface area contributed by atoms with E-state index < -0.39 is 0 Å². The van der Waals surface area contributed by atoms with E-state index in [1.54, 1.807) is 24.3 Å². The molecule has 2 aliphatic heterocycles. The number of ether oxygens (including phenoxy) is 1. The Labute approximate surface area is 180 Å². The van der Waals surface area contributed by atoms with Crippen LogP contribution in [0.3, 0.4) is 0 Å². The summed E-state index contributed by atoms with van der Waals surface area (Å²) in [4.78, 5) is 14.8. The van der Waals surface area contributed by atoms with Crippen LogP contribution in [0, 0.1) is 5.92 Å². The van der Waals surface area contributed by atoms with Gasteiger partial charge in [-0.25, -0.2) is 9.18 Å². The summed E-state index contributed by atoms with van der Waals surface area (Å²) in [5, 5.41) is 18.6. The minimum atomic E-state index is -0.378. The van der Waals surface area contributed by atoms with Gasteiger partial charge in [-0.3, -0.25) is 0 Å². The highest BCUT2D eigenvalue weighted by Gasteiger charge is 2.35. The molecule has 0 aromatic heterocycles. The lowest BCUT2D eigenvalue weighted by atomic mass is 9.87. The lowest BCUT2D eigenvalue weighted by Crippen LogP contribution is -2.54. The molecule has 1 saturated heterocycles. The van der Waals surface area contributed by atoms with Gasteiger partial charge < -0.3 is 30.7 Å². The second-order valence-corrected chi connectivity index (χ2v) is 7.85. The van der Waals surface area contributed by atoms with Crippen molar-refractivity contribution < 1.29 is 19.0 Å². The normalized spacial score (nSPS) is 22.2. The van der Waals surface area contributed by atoms with E-state index in [2.05, 4.69) is 20.9 Å². The summed E-state index contributed by atoms with van der Waals surface area (Å²) in [6, 6.07) is 6.25. The van der Waals surface area contributed by atoms with E-state index in [1.807, 2.05) is 0 Å². The Kier molecular flexibility index (Phi) is 7.95. The third-order valence-corrected chi connectivity index (χ3v) is 5.63. The number of rotatable bonds is 7. The zero-order valence-corrected chi connectivity index (χ0v) is 17.7. The van der Waals surface area contributed by atoms with Gasteiger partial charge in [0.2, 0.25) is 0 Å². The van der Waals surface area contributed by atoms with Crippen LogP contribution in [0.25, 0.3) is 0 Å². The van der Waals surface area contributed by atoms with E-state index in [0.717, 1.165) is 13.1 Å². The van der Waals surface area contributed by atoms with Crippen LogP contribution in [0.15, 0.2) is 47.6 Å². The number of halogens is 2. The number of piperidine rings is 1. The summed E-state index contributed by atoms with van der Waals surface area (Å²) < 4.78 is 19.9. The number of methoxy groups -OCH3 is 1. The largest absolute Gasteiger partial charge is 0.499 e. The van der Waals surface area contributed by atoms with Crippen LogP contribution in [0.5, 0.6) is 0 Å². The van der Waals surface area contributed by atoms with Crippen LogP contribution in [0.2, 0.25) is 5.02 Å². The molecule has 9 heteroatoms. The molecule has 2 amide bonds. The smallest absolute Gasteiger partial charge is 0.319 e. The summed E-state index contributed by atoms with van der Waals surface area (Å²) in [7, 11) is 1.51. The summed E-state index contributed by atoms with van der Waals surface area (Å²) in [6.07, 6.45) is 2.72. The number of likely N-dealkylation sites (tertiary alicyclic amines) is 1. The van der Waals surface area contributed by atoms with Crippen LogP contribution in [0.1, 0.15) is 12.8 Å². The van der Waals surface area contributed by atoms with Crippen LogP contribution in [0.4, 0.5) is 14.9 Å². The minimum Gasteiger partial charge on any atom is -0.499 e. The quantitative estimate of drug-likeness (QED) is 0.526. The van der Waals surface area contributed by atoms with Crippen LogP contribution in [-0.4, -0.2) is 62.0 Å². The molecule has 2 atom stereocenters. The van der Waals surface area contributed by atoms with Gasteiger partial charge in [0.1, 0.15) is 11.6 Å². The zero-order chi connectivity index (χ0) is 21.5. The van der Waals surface area contributed by atoms with Gasteiger partial charge >= 0.3 is 6.03 Å². The van der Waals surface area contributed by atoms with Gasteiger partial charge in [0.25, 0.3) is 0 Å². The first-order chi connectivity index (χ1) is 14.5. The molecule has 1 aromatic carbocycles. The first-order valence-corrected chi connectivity index (χ1v) is 10.4. The summed E-state index contributed by atoms with van der Waals surface area (Å²) >= 11 is 5.88. The SMILES string of the molecule is COC1=CC(F)=C([C@@H]2CN(CCCO)CC[C@H]2NC(=O)Nc2ccc(Cl)cc2)NC1. The van der Waals surface area contributed by atoms with Crippen molar-refractivity contribution in [2.24, 2.45) is 5.92 Å². The monoisotopic (exact) mass is 438 g/mol. The molecule has 2 aliphatic rings. The molecule has 30 heavy (non-hydrogen) atoms. The van der Waals surface area contributed by atoms with Crippen LogP contribution >= 0.6 is 11.6 Å². The van der Waals surface area contributed by atoms with Gasteiger partial charge in [-0.2, -0.15) is 0 Å². The Morgan fingerprint density at radius 3 is 2.83 bits per heavy atom. The van der Waals surface area contributed by atoms with Crippen LogP contribution < -0.4 is 16.0 Å². The molecule has 0 aliphatic carbocycles. The van der Waals surface area contributed by atoms with Gasteiger partial charge in [0, 0.05) is 55.0 Å². The third-order valence-electron chi connectivity index (χ3n) is 5.38. The number of allylic oxidation sites excluding steroid dienone is 2. The van der Waals surface area contributed by atoms with E-state index in [9.17, 15) is 9.18 Å². The number of carbonyl (C=O) groups is 1. The molecule has 0 bridgehead atoms. The minimum absolute atomic E-state index is 0.113. The molecule has 3 rings (SSSR count). The highest BCUT2D eigenvalue weighted by molar-refractivity contribution is 6.30. The number of carbonyl (C=O) groups excluding carboxylic acids is 1. The van der Waals surface area contributed by atoms with Crippen molar-refractivity contribution in [2.45, 2.75) is 18.9 Å². The number of urea groups is 1. The Balaban J connectivity index is 1.73. The van der Waals surface area contributed by atoms with Gasteiger partial charge in [0.05, 0.1) is 19.4 Å².